The van der Waals surface area contributed by atoms with E-state index in [0.717, 1.165) is 44.9 Å². The number of hydrogen-bond donors (Lipinski definition) is 3. The molecule has 0 spiro atoms. The van der Waals surface area contributed by atoms with Gasteiger partial charge in [0.25, 0.3) is 0 Å². The molecule has 3 N–H and O–H groups in total. The van der Waals surface area contributed by atoms with Gasteiger partial charge in [0.15, 0.2) is 0 Å². The van der Waals surface area contributed by atoms with E-state index in [4.69, 9.17) is 4.74 Å². The number of aliphatic hydroxyl groups is 2. The van der Waals surface area contributed by atoms with Crippen molar-refractivity contribution in [1.29, 1.82) is 0 Å². The van der Waals surface area contributed by atoms with Crippen LogP contribution in [0.2, 0.25) is 0 Å². The Labute approximate surface area is 426 Å². The van der Waals surface area contributed by atoms with Crippen LogP contribution < -0.4 is 5.32 Å². The smallest absolute Gasteiger partial charge is 0.305 e. The maximum absolute atomic E-state index is 12.5. The highest BCUT2D eigenvalue weighted by Crippen LogP contribution is 2.19. The highest BCUT2D eigenvalue weighted by atomic mass is 16.5. The average Bonchev–Trinajstić information content (AvgIpc) is 3.34. The molecule has 0 heterocycles. The van der Waals surface area contributed by atoms with Gasteiger partial charge in [0.1, 0.15) is 0 Å². The fourth-order valence-electron chi connectivity index (χ4n) is 10.1. The van der Waals surface area contributed by atoms with Gasteiger partial charge in [-0.1, -0.05) is 322 Å². The maximum Gasteiger partial charge on any atom is 0.305 e. The molecule has 0 saturated carbocycles. The molecule has 0 aromatic rings. The summed E-state index contributed by atoms with van der Waals surface area (Å²) >= 11 is 0. The van der Waals surface area contributed by atoms with E-state index in [1.165, 1.54) is 283 Å². The molecule has 0 aromatic heterocycles. The van der Waals surface area contributed by atoms with Gasteiger partial charge in [0.05, 0.1) is 25.4 Å². The van der Waals surface area contributed by atoms with Crippen molar-refractivity contribution < 1.29 is 24.5 Å². The summed E-state index contributed by atoms with van der Waals surface area (Å²) in [6.07, 6.45) is 68.2. The molecule has 6 nitrogen and oxygen atoms in total. The predicted octanol–water partition coefficient (Wildman–Crippen LogP) is 19.5. The summed E-state index contributed by atoms with van der Waals surface area (Å²) in [5, 5.41) is 23.4. The Balaban J connectivity index is 3.41. The summed E-state index contributed by atoms with van der Waals surface area (Å²) in [4.78, 5) is 24.5. The van der Waals surface area contributed by atoms with Crippen molar-refractivity contribution in [3.8, 4) is 0 Å². The molecule has 0 aliphatic carbocycles. The summed E-state index contributed by atoms with van der Waals surface area (Å²) in [7, 11) is 0. The molecular weight excluding hydrogens is 839 g/mol. The molecule has 6 heteroatoms. The Morgan fingerprint density at radius 2 is 0.603 bits per heavy atom. The van der Waals surface area contributed by atoms with Gasteiger partial charge in [-0.25, -0.2) is 0 Å². The van der Waals surface area contributed by atoms with Crippen molar-refractivity contribution in [2.24, 2.45) is 0 Å². The molecule has 0 aliphatic rings. The van der Waals surface area contributed by atoms with Crippen molar-refractivity contribution in [1.82, 2.24) is 5.32 Å². The highest BCUT2D eigenvalue weighted by Gasteiger charge is 2.20. The monoisotopic (exact) mass is 962 g/mol. The normalized spacial score (nSPS) is 12.5. The van der Waals surface area contributed by atoms with Crippen molar-refractivity contribution in [3.63, 3.8) is 0 Å². The Morgan fingerprint density at radius 1 is 0.353 bits per heavy atom. The Hall–Kier alpha value is -1.14. The van der Waals surface area contributed by atoms with Crippen LogP contribution in [0.1, 0.15) is 361 Å². The molecular formula is C62H123NO5. The molecule has 0 saturated heterocycles. The topological polar surface area (TPSA) is 95.9 Å². The molecule has 0 rings (SSSR count). The first kappa shape index (κ1) is 66.9. The second-order valence-corrected chi connectivity index (χ2v) is 21.8. The van der Waals surface area contributed by atoms with Crippen molar-refractivity contribution in [2.75, 3.05) is 13.2 Å². The second-order valence-electron chi connectivity index (χ2n) is 21.8. The zero-order valence-electron chi connectivity index (χ0n) is 46.4. The van der Waals surface area contributed by atoms with Crippen LogP contribution in [0.4, 0.5) is 0 Å². The van der Waals surface area contributed by atoms with Gasteiger partial charge in [-0.2, -0.15) is 0 Å². The molecule has 1 amide bonds. The van der Waals surface area contributed by atoms with E-state index < -0.39 is 12.1 Å². The Morgan fingerprint density at radius 3 is 0.897 bits per heavy atom. The maximum atomic E-state index is 12.5. The van der Waals surface area contributed by atoms with E-state index in [0.29, 0.717) is 25.9 Å². The molecule has 0 radical (unpaired) electrons. The van der Waals surface area contributed by atoms with Gasteiger partial charge in [0, 0.05) is 12.8 Å². The third kappa shape index (κ3) is 54.2. The van der Waals surface area contributed by atoms with Gasteiger partial charge in [-0.15, -0.1) is 0 Å². The molecule has 2 atom stereocenters. The Kier molecular flexibility index (Phi) is 57.5. The third-order valence-corrected chi connectivity index (χ3v) is 14.9. The number of hydrogen-bond acceptors (Lipinski definition) is 5. The molecule has 0 aliphatic heterocycles. The highest BCUT2D eigenvalue weighted by molar-refractivity contribution is 5.76. The second kappa shape index (κ2) is 58.4. The van der Waals surface area contributed by atoms with Crippen molar-refractivity contribution in [2.45, 2.75) is 373 Å². The first-order valence-electron chi connectivity index (χ1n) is 31.3. The number of aliphatic hydroxyl groups excluding tert-OH is 2. The summed E-state index contributed by atoms with van der Waals surface area (Å²) in [6, 6.07) is -0.546. The lowest BCUT2D eigenvalue weighted by Crippen LogP contribution is -2.45. The predicted molar refractivity (Wildman–Crippen MR) is 297 cm³/mol. The number of esters is 1. The van der Waals surface area contributed by atoms with Crippen LogP contribution in [0.15, 0.2) is 0 Å². The molecule has 2 unspecified atom stereocenters. The standard InChI is InChI=1S/C62H123NO5/c1-3-5-7-9-11-13-15-16-17-18-19-20-21-22-23-24-25-28-31-35-38-42-46-50-54-60(65)59(58-64)63-61(66)55-51-47-43-39-36-32-29-26-27-30-33-37-41-45-49-53-57-68-62(67)56-52-48-44-40-34-14-12-10-8-6-4-2/h59-60,64-65H,3-58H2,1-2H3,(H,63,66). The molecule has 68 heavy (non-hydrogen) atoms. The van der Waals surface area contributed by atoms with Crippen LogP contribution >= 0.6 is 0 Å². The lowest BCUT2D eigenvalue weighted by Gasteiger charge is -2.22. The van der Waals surface area contributed by atoms with Gasteiger partial charge < -0.3 is 20.3 Å². The minimum absolute atomic E-state index is 0.00433. The minimum atomic E-state index is -0.669. The SMILES string of the molecule is CCCCCCCCCCCCCCCCCCCCCCCCCCC(O)C(CO)NC(=O)CCCCCCCCCCCCCCCCCCOC(=O)CCCCCCCCCCCCC. The minimum Gasteiger partial charge on any atom is -0.466 e. The Bertz CT molecular complexity index is 975. The number of carbonyl (C=O) groups is 2. The van der Waals surface area contributed by atoms with Crippen LogP contribution in [0, 0.1) is 0 Å². The first-order chi connectivity index (χ1) is 33.5. The molecule has 0 aromatic carbocycles. The van der Waals surface area contributed by atoms with E-state index in [2.05, 4.69) is 19.2 Å². The summed E-state index contributed by atoms with van der Waals surface area (Å²) in [5.74, 6) is -0.0323. The van der Waals surface area contributed by atoms with Gasteiger partial charge >= 0.3 is 5.97 Å². The molecule has 0 fully saturated rings. The lowest BCUT2D eigenvalue weighted by atomic mass is 10.0. The van der Waals surface area contributed by atoms with Gasteiger partial charge in [-0.3, -0.25) is 9.59 Å². The van der Waals surface area contributed by atoms with Crippen LogP contribution in [-0.2, 0) is 14.3 Å². The third-order valence-electron chi connectivity index (χ3n) is 14.9. The van der Waals surface area contributed by atoms with Crippen LogP contribution in [0.25, 0.3) is 0 Å². The molecule has 0 bridgehead atoms. The fraction of sp³-hybridized carbons (Fsp3) is 0.968. The number of ether oxygens (including phenoxy) is 1. The first-order valence-corrected chi connectivity index (χ1v) is 31.3. The van der Waals surface area contributed by atoms with Crippen LogP contribution in [0.3, 0.4) is 0 Å². The van der Waals surface area contributed by atoms with Crippen molar-refractivity contribution >= 4 is 11.9 Å². The number of amides is 1. The zero-order chi connectivity index (χ0) is 49.3. The van der Waals surface area contributed by atoms with Crippen LogP contribution in [-0.4, -0.2) is 47.4 Å². The average molecular weight is 963 g/mol. The zero-order valence-corrected chi connectivity index (χ0v) is 46.4. The van der Waals surface area contributed by atoms with E-state index >= 15 is 0 Å². The number of rotatable bonds is 59. The lowest BCUT2D eigenvalue weighted by molar-refractivity contribution is -0.143. The summed E-state index contributed by atoms with van der Waals surface area (Å²) in [5.41, 5.74) is 0. The van der Waals surface area contributed by atoms with Gasteiger partial charge in [0.2, 0.25) is 5.91 Å². The van der Waals surface area contributed by atoms with Gasteiger partial charge in [-0.05, 0) is 25.7 Å². The number of nitrogens with one attached hydrogen (secondary N) is 1. The summed E-state index contributed by atoms with van der Waals surface area (Å²) in [6.45, 7) is 4.97. The van der Waals surface area contributed by atoms with Crippen molar-refractivity contribution in [3.05, 3.63) is 0 Å². The van der Waals surface area contributed by atoms with E-state index in [9.17, 15) is 19.8 Å². The largest absolute Gasteiger partial charge is 0.466 e. The van der Waals surface area contributed by atoms with E-state index in [1.807, 2.05) is 0 Å². The fourth-order valence-corrected chi connectivity index (χ4v) is 10.1. The van der Waals surface area contributed by atoms with E-state index in [-0.39, 0.29) is 18.5 Å². The number of unbranched alkanes of at least 4 members (excludes halogenated alkanes) is 48. The summed E-state index contributed by atoms with van der Waals surface area (Å²) < 4.78 is 5.46. The van der Waals surface area contributed by atoms with Crippen LogP contribution in [0.5, 0.6) is 0 Å². The number of carbonyl (C=O) groups excluding carboxylic acids is 2. The van der Waals surface area contributed by atoms with E-state index in [1.54, 1.807) is 0 Å². The molecule has 406 valence electrons. The quantitative estimate of drug-likeness (QED) is 0.0417.